The van der Waals surface area contributed by atoms with Gasteiger partial charge in [-0.1, -0.05) is 13.3 Å². The lowest BCUT2D eigenvalue weighted by Crippen LogP contribution is -2.26. The molecular formula is C11H16N2O4S. The molecule has 1 aromatic rings. The van der Waals surface area contributed by atoms with Gasteiger partial charge in [-0.2, -0.15) is 0 Å². The number of hydrogen-bond donors (Lipinski definition) is 2. The van der Waals surface area contributed by atoms with Gasteiger partial charge in [-0.3, -0.25) is 4.98 Å². The van der Waals surface area contributed by atoms with Crippen LogP contribution in [-0.2, 0) is 9.84 Å². The van der Waals surface area contributed by atoms with Crippen LogP contribution in [0.25, 0.3) is 0 Å². The smallest absolute Gasteiger partial charge is 0.405 e. The third-order valence-electron chi connectivity index (χ3n) is 2.44. The number of amides is 1. The van der Waals surface area contributed by atoms with Crippen molar-refractivity contribution in [3.05, 3.63) is 24.0 Å². The lowest BCUT2D eigenvalue weighted by atomic mass is 10.0. The van der Waals surface area contributed by atoms with E-state index in [-0.39, 0.29) is 4.90 Å². The third kappa shape index (κ3) is 3.99. The maximum atomic E-state index is 11.4. The van der Waals surface area contributed by atoms with Gasteiger partial charge in [0.1, 0.15) is 0 Å². The first-order valence-electron chi connectivity index (χ1n) is 5.49. The Bertz CT molecular complexity index is 528. The molecule has 0 aliphatic carbocycles. The van der Waals surface area contributed by atoms with Crippen molar-refractivity contribution in [3.8, 4) is 0 Å². The second-order valence-corrected chi connectivity index (χ2v) is 6.03. The topological polar surface area (TPSA) is 96.4 Å². The predicted octanol–water partition coefficient (Wildman–Crippen LogP) is 1.59. The highest BCUT2D eigenvalue weighted by Crippen LogP contribution is 2.20. The van der Waals surface area contributed by atoms with Crippen LogP contribution in [-0.4, -0.2) is 30.9 Å². The summed E-state index contributed by atoms with van der Waals surface area (Å²) in [6.45, 7) is 1.92. The first-order valence-corrected chi connectivity index (χ1v) is 7.38. The van der Waals surface area contributed by atoms with Crippen molar-refractivity contribution in [2.75, 3.05) is 6.26 Å². The van der Waals surface area contributed by atoms with Gasteiger partial charge in [0, 0.05) is 18.6 Å². The summed E-state index contributed by atoms with van der Waals surface area (Å²) in [4.78, 5) is 14.6. The molecule has 0 aromatic carbocycles. The minimum absolute atomic E-state index is 0.0910. The average Bonchev–Trinajstić information content (AvgIpc) is 2.27. The van der Waals surface area contributed by atoms with Gasteiger partial charge in [-0.05, 0) is 18.1 Å². The van der Waals surface area contributed by atoms with E-state index in [4.69, 9.17) is 5.11 Å². The summed E-state index contributed by atoms with van der Waals surface area (Å²) in [7, 11) is -3.34. The molecule has 1 amide bonds. The van der Waals surface area contributed by atoms with Gasteiger partial charge >= 0.3 is 6.09 Å². The van der Waals surface area contributed by atoms with Gasteiger partial charge in [0.05, 0.1) is 10.9 Å². The van der Waals surface area contributed by atoms with Crippen LogP contribution in [0.5, 0.6) is 0 Å². The molecule has 2 N–H and O–H groups in total. The molecular weight excluding hydrogens is 256 g/mol. The van der Waals surface area contributed by atoms with Crippen LogP contribution >= 0.6 is 0 Å². The Labute approximate surface area is 106 Å². The Balaban J connectivity index is 3.09. The van der Waals surface area contributed by atoms with E-state index in [1.54, 1.807) is 0 Å². The molecule has 0 bridgehead atoms. The van der Waals surface area contributed by atoms with Gasteiger partial charge in [-0.25, -0.2) is 13.2 Å². The van der Waals surface area contributed by atoms with Crippen molar-refractivity contribution in [2.24, 2.45) is 0 Å². The van der Waals surface area contributed by atoms with E-state index in [0.29, 0.717) is 12.0 Å². The highest BCUT2D eigenvalue weighted by molar-refractivity contribution is 7.90. The third-order valence-corrected chi connectivity index (χ3v) is 3.52. The highest BCUT2D eigenvalue weighted by atomic mass is 32.2. The number of nitrogens with zero attached hydrogens (tertiary/aromatic N) is 1. The van der Waals surface area contributed by atoms with Gasteiger partial charge in [0.15, 0.2) is 9.84 Å². The first kappa shape index (κ1) is 14.4. The lowest BCUT2D eigenvalue weighted by molar-refractivity contribution is 0.189. The number of nitrogens with one attached hydrogen (secondary N) is 1. The molecule has 0 aliphatic heterocycles. The number of sulfone groups is 1. The van der Waals surface area contributed by atoms with E-state index in [0.717, 1.165) is 12.7 Å². The van der Waals surface area contributed by atoms with Crippen LogP contribution < -0.4 is 5.32 Å². The highest BCUT2D eigenvalue weighted by Gasteiger charge is 2.16. The second kappa shape index (κ2) is 5.81. The largest absolute Gasteiger partial charge is 0.465 e. The normalized spacial score (nSPS) is 13.0. The Morgan fingerprint density at radius 3 is 2.67 bits per heavy atom. The molecule has 6 nitrogen and oxygen atoms in total. The van der Waals surface area contributed by atoms with Crippen LogP contribution in [0.1, 0.15) is 31.4 Å². The molecule has 0 saturated heterocycles. The van der Waals surface area contributed by atoms with Crippen molar-refractivity contribution >= 4 is 15.9 Å². The molecule has 0 spiro atoms. The maximum absolute atomic E-state index is 11.4. The Kier molecular flexibility index (Phi) is 4.66. The molecule has 0 aliphatic rings. The van der Waals surface area contributed by atoms with E-state index in [1.165, 1.54) is 18.5 Å². The fourth-order valence-corrected chi connectivity index (χ4v) is 2.19. The van der Waals surface area contributed by atoms with Gasteiger partial charge in [0.2, 0.25) is 0 Å². The molecule has 1 atom stereocenters. The van der Waals surface area contributed by atoms with Crippen LogP contribution in [0.2, 0.25) is 0 Å². The van der Waals surface area contributed by atoms with Crippen molar-refractivity contribution in [1.82, 2.24) is 10.3 Å². The monoisotopic (exact) mass is 272 g/mol. The van der Waals surface area contributed by atoms with Crippen LogP contribution in [0.15, 0.2) is 23.4 Å². The molecule has 18 heavy (non-hydrogen) atoms. The van der Waals surface area contributed by atoms with E-state index in [2.05, 4.69) is 10.3 Å². The van der Waals surface area contributed by atoms with Crippen LogP contribution in [0, 0.1) is 0 Å². The number of hydrogen-bond acceptors (Lipinski definition) is 4. The number of pyridine rings is 1. The maximum Gasteiger partial charge on any atom is 0.405 e. The molecule has 100 valence electrons. The fraction of sp³-hybridized carbons (Fsp3) is 0.455. The zero-order valence-corrected chi connectivity index (χ0v) is 11.1. The van der Waals surface area contributed by atoms with E-state index >= 15 is 0 Å². The molecule has 1 rings (SSSR count). The zero-order chi connectivity index (χ0) is 13.8. The number of carboxylic acid groups (broad SMARTS) is 1. The summed E-state index contributed by atoms with van der Waals surface area (Å²) in [6.07, 6.45) is 4.04. The standard InChI is InChI=1S/C11H16N2O4S/c1-3-4-10(13-11(14)15)8-5-9(7-12-6-8)18(2,16)17/h5-7,10,13H,3-4H2,1-2H3,(H,14,15). The summed E-state index contributed by atoms with van der Waals surface area (Å²) in [6, 6.07) is 1.01. The summed E-state index contributed by atoms with van der Waals surface area (Å²) in [5.41, 5.74) is 0.558. The fourth-order valence-electron chi connectivity index (χ4n) is 1.59. The minimum Gasteiger partial charge on any atom is -0.465 e. The van der Waals surface area contributed by atoms with E-state index < -0.39 is 22.0 Å². The van der Waals surface area contributed by atoms with Crippen LogP contribution in [0.3, 0.4) is 0 Å². The molecule has 1 aromatic heterocycles. The predicted molar refractivity (Wildman–Crippen MR) is 66.2 cm³/mol. The van der Waals surface area contributed by atoms with Crippen molar-refractivity contribution in [3.63, 3.8) is 0 Å². The molecule has 7 heteroatoms. The Morgan fingerprint density at radius 1 is 1.50 bits per heavy atom. The average molecular weight is 272 g/mol. The van der Waals surface area contributed by atoms with Gasteiger partial charge < -0.3 is 10.4 Å². The Hall–Kier alpha value is -1.63. The van der Waals surface area contributed by atoms with Gasteiger partial charge in [-0.15, -0.1) is 0 Å². The van der Waals surface area contributed by atoms with E-state index in [9.17, 15) is 13.2 Å². The number of aromatic nitrogens is 1. The van der Waals surface area contributed by atoms with Crippen molar-refractivity contribution in [1.29, 1.82) is 0 Å². The quantitative estimate of drug-likeness (QED) is 0.848. The van der Waals surface area contributed by atoms with Crippen molar-refractivity contribution in [2.45, 2.75) is 30.7 Å². The second-order valence-electron chi connectivity index (χ2n) is 4.02. The molecule has 0 fully saturated rings. The lowest BCUT2D eigenvalue weighted by Gasteiger charge is -2.16. The first-order chi connectivity index (χ1) is 8.34. The minimum atomic E-state index is -3.34. The Morgan fingerprint density at radius 2 is 2.17 bits per heavy atom. The van der Waals surface area contributed by atoms with Crippen molar-refractivity contribution < 1.29 is 18.3 Å². The number of rotatable bonds is 5. The molecule has 0 saturated carbocycles. The number of carbonyl (C=O) groups is 1. The molecule has 1 heterocycles. The summed E-state index contributed by atoms with van der Waals surface area (Å²) < 4.78 is 22.8. The SMILES string of the molecule is CCCC(NC(=O)O)c1cncc(S(C)(=O)=O)c1. The van der Waals surface area contributed by atoms with Crippen LogP contribution in [0.4, 0.5) is 4.79 Å². The molecule has 0 radical (unpaired) electrons. The van der Waals surface area contributed by atoms with Gasteiger partial charge in [0.25, 0.3) is 0 Å². The summed E-state index contributed by atoms with van der Waals surface area (Å²) >= 11 is 0. The zero-order valence-electron chi connectivity index (χ0n) is 10.3. The molecule has 1 unspecified atom stereocenters. The summed E-state index contributed by atoms with van der Waals surface area (Å²) in [5.74, 6) is 0. The summed E-state index contributed by atoms with van der Waals surface area (Å²) in [5, 5.41) is 11.1. The van der Waals surface area contributed by atoms with E-state index in [1.807, 2.05) is 6.92 Å².